The lowest BCUT2D eigenvalue weighted by Gasteiger charge is -2.26. The molecular weight excluding hydrogens is 302 g/mol. The largest absolute Gasteiger partial charge is 0.505 e. The molecule has 1 aromatic carbocycles. The first-order valence-corrected chi connectivity index (χ1v) is 8.33. The Morgan fingerprint density at radius 3 is 2.67 bits per heavy atom. The number of likely N-dealkylation sites (tertiary alicyclic amines) is 2. The van der Waals surface area contributed by atoms with Crippen LogP contribution in [0, 0.1) is 11.8 Å². The Balaban J connectivity index is 1.56. The van der Waals surface area contributed by atoms with E-state index in [0.717, 1.165) is 13.1 Å². The summed E-state index contributed by atoms with van der Waals surface area (Å²) in [5, 5.41) is 9.90. The predicted octanol–water partition coefficient (Wildman–Crippen LogP) is 2.16. The molecule has 3 atom stereocenters. The van der Waals surface area contributed by atoms with Crippen molar-refractivity contribution in [1.82, 2.24) is 14.8 Å². The van der Waals surface area contributed by atoms with Gasteiger partial charge in [0.25, 0.3) is 5.91 Å². The lowest BCUT2D eigenvalue weighted by Crippen LogP contribution is -2.33. The molecule has 1 aromatic heterocycles. The second-order valence-corrected chi connectivity index (χ2v) is 6.80. The van der Waals surface area contributed by atoms with Gasteiger partial charge in [-0.3, -0.25) is 9.69 Å². The Kier molecular flexibility index (Phi) is 3.73. The van der Waals surface area contributed by atoms with E-state index in [2.05, 4.69) is 41.2 Å². The lowest BCUT2D eigenvalue weighted by atomic mass is 9.90. The van der Waals surface area contributed by atoms with Crippen LogP contribution in [0.4, 0.5) is 0 Å². The molecule has 2 aromatic rings. The fourth-order valence-corrected chi connectivity index (χ4v) is 4.29. The van der Waals surface area contributed by atoms with Gasteiger partial charge in [0.1, 0.15) is 5.75 Å². The molecule has 24 heavy (non-hydrogen) atoms. The topological polar surface area (TPSA) is 56.7 Å². The fraction of sp³-hybridized carbons (Fsp3) is 0.368. The summed E-state index contributed by atoms with van der Waals surface area (Å²) in [7, 11) is 2.16. The van der Waals surface area contributed by atoms with Crippen LogP contribution in [-0.4, -0.2) is 52.5 Å². The number of aromatic hydroxyl groups is 1. The molecule has 0 bridgehead atoms. The van der Waals surface area contributed by atoms with Crippen molar-refractivity contribution in [2.24, 2.45) is 11.8 Å². The monoisotopic (exact) mass is 323 g/mol. The second-order valence-electron chi connectivity index (χ2n) is 6.80. The molecule has 0 aliphatic carbocycles. The Hall–Kier alpha value is -2.40. The van der Waals surface area contributed by atoms with Crippen LogP contribution in [-0.2, 0) is 0 Å². The first-order valence-electron chi connectivity index (χ1n) is 8.33. The highest BCUT2D eigenvalue weighted by molar-refractivity contribution is 5.95. The zero-order valence-corrected chi connectivity index (χ0v) is 13.7. The molecular formula is C19H21N3O2. The fourth-order valence-electron chi connectivity index (χ4n) is 4.29. The Morgan fingerprint density at radius 2 is 1.92 bits per heavy atom. The van der Waals surface area contributed by atoms with Gasteiger partial charge in [0.2, 0.25) is 0 Å². The number of carbonyl (C=O) groups excluding carboxylic acids is 1. The molecule has 0 spiro atoms. The van der Waals surface area contributed by atoms with E-state index in [1.807, 2.05) is 11.0 Å². The van der Waals surface area contributed by atoms with Gasteiger partial charge in [-0.2, -0.15) is 0 Å². The maximum Gasteiger partial charge on any atom is 0.276 e. The van der Waals surface area contributed by atoms with Gasteiger partial charge in [0.05, 0.1) is 0 Å². The van der Waals surface area contributed by atoms with Gasteiger partial charge in [-0.1, -0.05) is 30.3 Å². The number of pyridine rings is 1. The summed E-state index contributed by atoms with van der Waals surface area (Å²) < 4.78 is 0. The van der Waals surface area contributed by atoms with Crippen molar-refractivity contribution in [2.75, 3.05) is 26.7 Å². The van der Waals surface area contributed by atoms with Gasteiger partial charge in [-0.25, -0.2) is 4.98 Å². The second kappa shape index (κ2) is 5.91. The number of hydrogen-bond donors (Lipinski definition) is 1. The molecule has 2 fully saturated rings. The highest BCUT2D eigenvalue weighted by Crippen LogP contribution is 2.44. The number of nitrogens with zero attached hydrogens (tertiary/aromatic N) is 3. The van der Waals surface area contributed by atoms with Gasteiger partial charge in [0.15, 0.2) is 5.69 Å². The third kappa shape index (κ3) is 2.45. The standard InChI is InChI=1S/C19H21N3O2/c1-21-10-14-11-22(19(24)17-16(23)8-5-9-20-17)12-15(14)18(21)13-6-3-2-4-7-13/h2-9,14-15,18,23H,10-12H2,1H3/t14-,15+,18-/m0/s1. The minimum absolute atomic E-state index is 0.0451. The molecule has 5 heteroatoms. The van der Waals surface area contributed by atoms with Crippen LogP contribution in [0.15, 0.2) is 48.7 Å². The normalized spacial score (nSPS) is 26.5. The van der Waals surface area contributed by atoms with Crippen LogP contribution in [0.5, 0.6) is 5.75 Å². The van der Waals surface area contributed by atoms with E-state index in [0.29, 0.717) is 24.4 Å². The average molecular weight is 323 g/mol. The van der Waals surface area contributed by atoms with E-state index in [-0.39, 0.29) is 17.4 Å². The molecule has 2 aliphatic heterocycles. The van der Waals surface area contributed by atoms with Crippen LogP contribution in [0.1, 0.15) is 22.1 Å². The number of hydrogen-bond acceptors (Lipinski definition) is 4. The maximum absolute atomic E-state index is 12.7. The Morgan fingerprint density at radius 1 is 1.12 bits per heavy atom. The quantitative estimate of drug-likeness (QED) is 0.920. The number of fused-ring (bicyclic) bond motifs is 1. The van der Waals surface area contributed by atoms with Crippen LogP contribution in [0.3, 0.4) is 0 Å². The van der Waals surface area contributed by atoms with E-state index in [9.17, 15) is 9.90 Å². The first kappa shape index (κ1) is 15.1. The van der Waals surface area contributed by atoms with Crippen molar-refractivity contribution >= 4 is 5.91 Å². The molecule has 3 heterocycles. The van der Waals surface area contributed by atoms with Gasteiger partial charge in [-0.15, -0.1) is 0 Å². The van der Waals surface area contributed by atoms with Crippen LogP contribution in [0.25, 0.3) is 0 Å². The van der Waals surface area contributed by atoms with Crippen LogP contribution in [0.2, 0.25) is 0 Å². The number of benzene rings is 1. The molecule has 1 N–H and O–H groups in total. The smallest absolute Gasteiger partial charge is 0.276 e. The zero-order valence-electron chi connectivity index (χ0n) is 13.7. The van der Waals surface area contributed by atoms with Crippen molar-refractivity contribution in [3.8, 4) is 5.75 Å². The molecule has 0 saturated carbocycles. The van der Waals surface area contributed by atoms with Crippen molar-refractivity contribution in [1.29, 1.82) is 0 Å². The molecule has 2 aliphatic rings. The van der Waals surface area contributed by atoms with Gasteiger partial charge < -0.3 is 10.0 Å². The number of rotatable bonds is 2. The summed E-state index contributed by atoms with van der Waals surface area (Å²) in [5.41, 5.74) is 1.46. The molecule has 0 unspecified atom stereocenters. The summed E-state index contributed by atoms with van der Waals surface area (Å²) >= 11 is 0. The number of carbonyl (C=O) groups is 1. The summed E-state index contributed by atoms with van der Waals surface area (Å²) in [6.45, 7) is 2.43. The summed E-state index contributed by atoms with van der Waals surface area (Å²) in [6, 6.07) is 14.0. The van der Waals surface area contributed by atoms with Crippen molar-refractivity contribution in [3.63, 3.8) is 0 Å². The molecule has 5 nitrogen and oxygen atoms in total. The number of amides is 1. The SMILES string of the molecule is CN1C[C@H]2CN(C(=O)c3ncccc3O)C[C@H]2[C@@H]1c1ccccc1. The van der Waals surface area contributed by atoms with E-state index in [4.69, 9.17) is 0 Å². The molecule has 2 saturated heterocycles. The van der Waals surface area contributed by atoms with E-state index < -0.39 is 0 Å². The van der Waals surface area contributed by atoms with Crippen LogP contribution < -0.4 is 0 Å². The highest BCUT2D eigenvalue weighted by Gasteiger charge is 2.47. The lowest BCUT2D eigenvalue weighted by molar-refractivity contribution is 0.0758. The summed E-state index contributed by atoms with van der Waals surface area (Å²) in [5.74, 6) is 0.676. The zero-order chi connectivity index (χ0) is 16.7. The Labute approximate surface area is 141 Å². The van der Waals surface area contributed by atoms with E-state index in [1.165, 1.54) is 11.6 Å². The Bertz CT molecular complexity index is 749. The third-order valence-corrected chi connectivity index (χ3v) is 5.31. The van der Waals surface area contributed by atoms with E-state index >= 15 is 0 Å². The molecule has 0 radical (unpaired) electrons. The summed E-state index contributed by atoms with van der Waals surface area (Å²) in [4.78, 5) is 21.0. The van der Waals surface area contributed by atoms with Gasteiger partial charge in [0, 0.05) is 37.8 Å². The maximum atomic E-state index is 12.7. The third-order valence-electron chi connectivity index (χ3n) is 5.31. The molecule has 1 amide bonds. The predicted molar refractivity (Wildman–Crippen MR) is 90.6 cm³/mol. The number of aromatic nitrogens is 1. The van der Waals surface area contributed by atoms with Crippen molar-refractivity contribution in [2.45, 2.75) is 6.04 Å². The molecule has 4 rings (SSSR count). The summed E-state index contributed by atoms with van der Waals surface area (Å²) in [6.07, 6.45) is 1.55. The highest BCUT2D eigenvalue weighted by atomic mass is 16.3. The van der Waals surface area contributed by atoms with Crippen molar-refractivity contribution in [3.05, 3.63) is 59.9 Å². The van der Waals surface area contributed by atoms with Gasteiger partial charge >= 0.3 is 0 Å². The van der Waals surface area contributed by atoms with Crippen LogP contribution >= 0.6 is 0 Å². The minimum atomic E-state index is -0.169. The van der Waals surface area contributed by atoms with Gasteiger partial charge in [-0.05, 0) is 30.7 Å². The van der Waals surface area contributed by atoms with E-state index in [1.54, 1.807) is 12.3 Å². The molecule has 124 valence electrons. The minimum Gasteiger partial charge on any atom is -0.505 e. The average Bonchev–Trinajstić information content (AvgIpc) is 3.12. The first-order chi connectivity index (χ1) is 11.6. The van der Waals surface area contributed by atoms with Crippen molar-refractivity contribution < 1.29 is 9.90 Å².